The van der Waals surface area contributed by atoms with E-state index < -0.39 is 17.9 Å². The summed E-state index contributed by atoms with van der Waals surface area (Å²) in [6.07, 6.45) is 0.166. The van der Waals surface area contributed by atoms with Gasteiger partial charge >= 0.3 is 5.97 Å². The quantitative estimate of drug-likeness (QED) is 0.377. The molecule has 0 aliphatic heterocycles. The average Bonchev–Trinajstić information content (AvgIpc) is 2.72. The Bertz CT molecular complexity index is 896. The Balaban J connectivity index is 2.01. The van der Waals surface area contributed by atoms with E-state index in [1.807, 2.05) is 0 Å². The fourth-order valence-corrected chi connectivity index (χ4v) is 2.54. The molecule has 0 saturated carbocycles. The summed E-state index contributed by atoms with van der Waals surface area (Å²) in [6, 6.07) is 10.7. The summed E-state index contributed by atoms with van der Waals surface area (Å²) >= 11 is 0. The molecular formula is C20H24N4O5. The number of carbonyl (C=O) groups excluding carboxylic acids is 1. The fraction of sp³-hybridized carbons (Fsp3) is 0.250. The Hall–Kier alpha value is -3.59. The lowest BCUT2D eigenvalue weighted by Gasteiger charge is -2.11. The Morgan fingerprint density at radius 1 is 1.14 bits per heavy atom. The van der Waals surface area contributed by atoms with E-state index in [-0.39, 0.29) is 18.9 Å². The molecule has 0 aliphatic rings. The summed E-state index contributed by atoms with van der Waals surface area (Å²) in [7, 11) is 3.12. The van der Waals surface area contributed by atoms with E-state index in [1.54, 1.807) is 56.7 Å². The number of ether oxygens (including phenoxy) is 2. The van der Waals surface area contributed by atoms with Crippen molar-refractivity contribution in [1.82, 2.24) is 5.32 Å². The first kappa shape index (κ1) is 21.7. The standard InChI is InChI=1S/C20H24N4O5/c1-28-15-7-8-17(29-2)14(10-15)11-23-20(22)24-18(25)13-5-3-12(4-6-13)9-16(21)19(26)27/h3-8,10,16H,9,11,21H2,1-2H3,(H,26,27)(H3,22,23,24,25)/t16-/m0/s1. The highest BCUT2D eigenvalue weighted by Crippen LogP contribution is 2.23. The van der Waals surface area contributed by atoms with Gasteiger partial charge < -0.3 is 31.4 Å². The SMILES string of the molecule is COc1ccc(OC)c(CN/C(N)=N/C(=O)c2ccc(C[C@H](N)C(=O)O)cc2)c1. The smallest absolute Gasteiger partial charge is 0.320 e. The second kappa shape index (κ2) is 10.1. The predicted molar refractivity (Wildman–Crippen MR) is 108 cm³/mol. The molecule has 0 aromatic heterocycles. The first-order chi connectivity index (χ1) is 13.8. The summed E-state index contributed by atoms with van der Waals surface area (Å²) in [5.41, 5.74) is 13.1. The van der Waals surface area contributed by atoms with Crippen molar-refractivity contribution in [2.24, 2.45) is 16.5 Å². The number of nitrogens with one attached hydrogen (secondary N) is 1. The van der Waals surface area contributed by atoms with Gasteiger partial charge in [0.2, 0.25) is 0 Å². The lowest BCUT2D eigenvalue weighted by molar-refractivity contribution is -0.138. The Morgan fingerprint density at radius 3 is 2.41 bits per heavy atom. The number of benzene rings is 2. The van der Waals surface area contributed by atoms with Crippen molar-refractivity contribution in [1.29, 1.82) is 0 Å². The van der Waals surface area contributed by atoms with Crippen LogP contribution in [-0.4, -0.2) is 43.2 Å². The lowest BCUT2D eigenvalue weighted by atomic mass is 10.0. The topological polar surface area (TPSA) is 149 Å². The predicted octanol–water partition coefficient (Wildman–Crippen LogP) is 0.903. The third-order valence-corrected chi connectivity index (χ3v) is 4.14. The molecule has 154 valence electrons. The van der Waals surface area contributed by atoms with Gasteiger partial charge in [-0.15, -0.1) is 0 Å². The van der Waals surface area contributed by atoms with Crippen LogP contribution in [0.4, 0.5) is 0 Å². The molecule has 0 aliphatic carbocycles. The number of guanidine groups is 1. The van der Waals surface area contributed by atoms with Crippen molar-refractivity contribution in [2.75, 3.05) is 14.2 Å². The average molecular weight is 400 g/mol. The van der Waals surface area contributed by atoms with Gasteiger partial charge in [0.1, 0.15) is 17.5 Å². The number of aliphatic carboxylic acids is 1. The molecule has 29 heavy (non-hydrogen) atoms. The number of rotatable bonds is 8. The third-order valence-electron chi connectivity index (χ3n) is 4.14. The summed E-state index contributed by atoms with van der Waals surface area (Å²) in [5, 5.41) is 11.7. The number of amides is 1. The van der Waals surface area contributed by atoms with Gasteiger partial charge in [0.25, 0.3) is 5.91 Å². The first-order valence-corrected chi connectivity index (χ1v) is 8.74. The first-order valence-electron chi connectivity index (χ1n) is 8.74. The summed E-state index contributed by atoms with van der Waals surface area (Å²) in [6.45, 7) is 0.287. The van der Waals surface area contributed by atoms with E-state index in [1.165, 1.54) is 0 Å². The van der Waals surface area contributed by atoms with Crippen molar-refractivity contribution in [3.63, 3.8) is 0 Å². The van der Waals surface area contributed by atoms with Crippen LogP contribution in [0.1, 0.15) is 21.5 Å². The molecule has 0 heterocycles. The molecule has 0 unspecified atom stereocenters. The number of carboxylic acid groups (broad SMARTS) is 1. The zero-order chi connectivity index (χ0) is 21.4. The number of hydrogen-bond acceptors (Lipinski definition) is 5. The summed E-state index contributed by atoms with van der Waals surface area (Å²) in [5.74, 6) is -0.343. The van der Waals surface area contributed by atoms with Crippen LogP contribution >= 0.6 is 0 Å². The van der Waals surface area contributed by atoms with E-state index in [0.29, 0.717) is 22.6 Å². The van der Waals surface area contributed by atoms with Crippen LogP contribution in [0.15, 0.2) is 47.5 Å². The van der Waals surface area contributed by atoms with E-state index in [2.05, 4.69) is 10.3 Å². The molecule has 0 saturated heterocycles. The summed E-state index contributed by atoms with van der Waals surface area (Å²) < 4.78 is 10.5. The van der Waals surface area contributed by atoms with E-state index in [4.69, 9.17) is 26.0 Å². The molecule has 0 bridgehead atoms. The number of hydrogen-bond donors (Lipinski definition) is 4. The van der Waals surface area contributed by atoms with Crippen molar-refractivity contribution >= 4 is 17.8 Å². The highest BCUT2D eigenvalue weighted by molar-refractivity contribution is 6.02. The Labute approximate surface area is 168 Å². The molecule has 0 spiro atoms. The number of nitrogens with zero attached hydrogens (tertiary/aromatic N) is 1. The highest BCUT2D eigenvalue weighted by atomic mass is 16.5. The van der Waals surface area contributed by atoms with Gasteiger partial charge in [0.05, 0.1) is 14.2 Å². The molecule has 9 heteroatoms. The van der Waals surface area contributed by atoms with Crippen molar-refractivity contribution in [2.45, 2.75) is 19.0 Å². The summed E-state index contributed by atoms with van der Waals surface area (Å²) in [4.78, 5) is 26.9. The molecule has 1 atom stereocenters. The largest absolute Gasteiger partial charge is 0.497 e. The van der Waals surface area contributed by atoms with Crippen molar-refractivity contribution in [3.05, 3.63) is 59.2 Å². The number of aliphatic imine (C=N–C) groups is 1. The minimum Gasteiger partial charge on any atom is -0.497 e. The lowest BCUT2D eigenvalue weighted by Crippen LogP contribution is -2.32. The maximum atomic E-state index is 12.3. The minimum absolute atomic E-state index is 0.0446. The molecule has 2 rings (SSSR count). The van der Waals surface area contributed by atoms with E-state index >= 15 is 0 Å². The van der Waals surface area contributed by atoms with Crippen LogP contribution in [0.3, 0.4) is 0 Å². The maximum absolute atomic E-state index is 12.3. The van der Waals surface area contributed by atoms with Crippen LogP contribution in [0.2, 0.25) is 0 Å². The molecule has 1 amide bonds. The molecule has 9 nitrogen and oxygen atoms in total. The molecule has 0 fully saturated rings. The highest BCUT2D eigenvalue weighted by Gasteiger charge is 2.13. The third kappa shape index (κ3) is 6.22. The fourth-order valence-electron chi connectivity index (χ4n) is 2.54. The van der Waals surface area contributed by atoms with Gasteiger partial charge in [-0.3, -0.25) is 9.59 Å². The van der Waals surface area contributed by atoms with Gasteiger partial charge in [0, 0.05) is 17.7 Å². The number of carboxylic acids is 1. The van der Waals surface area contributed by atoms with Crippen LogP contribution in [0.5, 0.6) is 11.5 Å². The van der Waals surface area contributed by atoms with Gasteiger partial charge in [-0.1, -0.05) is 12.1 Å². The number of carbonyl (C=O) groups is 2. The second-order valence-electron chi connectivity index (χ2n) is 6.18. The van der Waals surface area contributed by atoms with Crippen LogP contribution in [0.25, 0.3) is 0 Å². The zero-order valence-corrected chi connectivity index (χ0v) is 16.2. The van der Waals surface area contributed by atoms with Crippen LogP contribution in [0, 0.1) is 0 Å². The second-order valence-corrected chi connectivity index (χ2v) is 6.18. The molecule has 0 radical (unpaired) electrons. The van der Waals surface area contributed by atoms with E-state index in [0.717, 1.165) is 5.56 Å². The molecule has 2 aromatic carbocycles. The van der Waals surface area contributed by atoms with Gasteiger partial charge in [-0.05, 0) is 42.3 Å². The van der Waals surface area contributed by atoms with Crippen LogP contribution < -0.4 is 26.3 Å². The van der Waals surface area contributed by atoms with Crippen LogP contribution in [-0.2, 0) is 17.8 Å². The Morgan fingerprint density at radius 2 is 1.83 bits per heavy atom. The van der Waals surface area contributed by atoms with Gasteiger partial charge in [0.15, 0.2) is 5.96 Å². The number of nitrogens with two attached hydrogens (primary N) is 2. The monoisotopic (exact) mass is 400 g/mol. The zero-order valence-electron chi connectivity index (χ0n) is 16.2. The molecule has 6 N–H and O–H groups in total. The van der Waals surface area contributed by atoms with E-state index in [9.17, 15) is 9.59 Å². The Kier molecular flexibility index (Phi) is 7.55. The molecular weight excluding hydrogens is 376 g/mol. The normalized spacial score (nSPS) is 12.2. The maximum Gasteiger partial charge on any atom is 0.320 e. The minimum atomic E-state index is -1.08. The van der Waals surface area contributed by atoms with Crippen molar-refractivity contribution < 1.29 is 24.2 Å². The number of methoxy groups -OCH3 is 2. The molecule has 2 aromatic rings. The van der Waals surface area contributed by atoms with Crippen molar-refractivity contribution in [3.8, 4) is 11.5 Å². The van der Waals surface area contributed by atoms with Gasteiger partial charge in [-0.25, -0.2) is 0 Å². The van der Waals surface area contributed by atoms with Gasteiger partial charge in [-0.2, -0.15) is 4.99 Å².